The number of nitriles is 1. The summed E-state index contributed by atoms with van der Waals surface area (Å²) in [5, 5.41) is 11.7. The fourth-order valence-corrected chi connectivity index (χ4v) is 2.07. The second kappa shape index (κ2) is 6.97. The average Bonchev–Trinajstić information content (AvgIpc) is 2.94. The van der Waals surface area contributed by atoms with E-state index in [0.717, 1.165) is 11.4 Å². The van der Waals surface area contributed by atoms with Crippen LogP contribution < -0.4 is 5.32 Å². The van der Waals surface area contributed by atoms with Crippen LogP contribution in [0.25, 0.3) is 5.69 Å². The van der Waals surface area contributed by atoms with Gasteiger partial charge in [-0.2, -0.15) is 5.26 Å². The normalized spacial score (nSPS) is 10.9. The van der Waals surface area contributed by atoms with Crippen molar-refractivity contribution in [2.24, 2.45) is 0 Å². The van der Waals surface area contributed by atoms with Crippen LogP contribution in [0.4, 0.5) is 4.79 Å². The third-order valence-corrected chi connectivity index (χ3v) is 3.02. The maximum atomic E-state index is 11.6. The number of hydrogen-bond donors (Lipinski definition) is 1. The number of nitrogens with one attached hydrogen (secondary N) is 1. The Morgan fingerprint density at radius 1 is 1.43 bits per heavy atom. The van der Waals surface area contributed by atoms with Crippen molar-refractivity contribution >= 4 is 6.09 Å². The van der Waals surface area contributed by atoms with E-state index in [-0.39, 0.29) is 0 Å². The molecule has 2 rings (SSSR count). The molecule has 1 aromatic carbocycles. The van der Waals surface area contributed by atoms with Gasteiger partial charge in [0.1, 0.15) is 5.60 Å². The molecule has 2 aromatic rings. The Labute approximate surface area is 135 Å². The lowest BCUT2D eigenvalue weighted by Gasteiger charge is -2.19. The first-order valence-corrected chi connectivity index (χ1v) is 7.37. The quantitative estimate of drug-likeness (QED) is 0.941. The summed E-state index contributed by atoms with van der Waals surface area (Å²) in [5.41, 5.74) is 1.89. The highest BCUT2D eigenvalue weighted by Gasteiger charge is 2.15. The number of ether oxygens (including phenoxy) is 1. The molecule has 6 nitrogen and oxygen atoms in total. The molecule has 23 heavy (non-hydrogen) atoms. The van der Waals surface area contributed by atoms with Gasteiger partial charge in [-0.05, 0) is 39.0 Å². The molecule has 0 aliphatic carbocycles. The molecule has 0 aliphatic rings. The monoisotopic (exact) mass is 312 g/mol. The number of imidazole rings is 1. The van der Waals surface area contributed by atoms with Gasteiger partial charge in [0.15, 0.2) is 0 Å². The molecule has 0 fully saturated rings. The van der Waals surface area contributed by atoms with Crippen molar-refractivity contribution in [2.75, 3.05) is 6.54 Å². The third-order valence-electron chi connectivity index (χ3n) is 3.02. The molecule has 1 N–H and O–H groups in total. The predicted molar refractivity (Wildman–Crippen MR) is 86.2 cm³/mol. The molecule has 0 saturated heterocycles. The van der Waals surface area contributed by atoms with Crippen LogP contribution in [0.2, 0.25) is 0 Å². The molecule has 0 aliphatic heterocycles. The van der Waals surface area contributed by atoms with Gasteiger partial charge in [0.25, 0.3) is 0 Å². The minimum absolute atomic E-state index is 0.435. The lowest BCUT2D eigenvalue weighted by molar-refractivity contribution is 0.0528. The summed E-state index contributed by atoms with van der Waals surface area (Å²) in [6.07, 6.45) is 3.61. The summed E-state index contributed by atoms with van der Waals surface area (Å²) in [5.74, 6) is 0. The number of alkyl carbamates (subject to hydrolysis) is 1. The molecule has 0 atom stereocenters. The van der Waals surface area contributed by atoms with Crippen molar-refractivity contribution < 1.29 is 9.53 Å². The van der Waals surface area contributed by atoms with Crippen molar-refractivity contribution in [3.63, 3.8) is 0 Å². The van der Waals surface area contributed by atoms with Crippen molar-refractivity contribution in [1.29, 1.82) is 5.26 Å². The van der Waals surface area contributed by atoms with Crippen LogP contribution >= 0.6 is 0 Å². The Balaban J connectivity index is 1.99. The van der Waals surface area contributed by atoms with Crippen molar-refractivity contribution in [3.8, 4) is 11.8 Å². The van der Waals surface area contributed by atoms with Crippen LogP contribution in [-0.4, -0.2) is 27.8 Å². The number of nitrogens with zero attached hydrogens (tertiary/aromatic N) is 3. The van der Waals surface area contributed by atoms with Gasteiger partial charge in [-0.1, -0.05) is 6.07 Å². The molecule has 120 valence electrons. The molecule has 0 unspecified atom stereocenters. The summed E-state index contributed by atoms with van der Waals surface area (Å²) in [6.45, 7) is 5.91. The maximum absolute atomic E-state index is 11.6. The van der Waals surface area contributed by atoms with Gasteiger partial charge < -0.3 is 14.6 Å². The molecule has 1 aromatic heterocycles. The summed E-state index contributed by atoms with van der Waals surface area (Å²) in [6, 6.07) is 9.41. The predicted octanol–water partition coefficient (Wildman–Crippen LogP) is 2.81. The number of carbonyl (C=O) groups is 1. The molecule has 0 spiro atoms. The number of hydrogen-bond acceptors (Lipinski definition) is 4. The van der Waals surface area contributed by atoms with E-state index >= 15 is 0 Å². The Kier molecular flexibility index (Phi) is 5.02. The second-order valence-corrected chi connectivity index (χ2v) is 6.10. The summed E-state index contributed by atoms with van der Waals surface area (Å²) in [4.78, 5) is 15.8. The zero-order chi connectivity index (χ0) is 16.9. The van der Waals surface area contributed by atoms with Gasteiger partial charge in [0.05, 0.1) is 18.0 Å². The molecule has 1 heterocycles. The SMILES string of the molecule is CC(C)(C)OC(=O)NCCc1cncn1-c1cccc(C#N)c1. The van der Waals surface area contributed by atoms with E-state index in [1.54, 1.807) is 24.7 Å². The van der Waals surface area contributed by atoms with Gasteiger partial charge >= 0.3 is 6.09 Å². The van der Waals surface area contributed by atoms with E-state index in [4.69, 9.17) is 10.00 Å². The van der Waals surface area contributed by atoms with Gasteiger partial charge in [0, 0.05) is 30.5 Å². The van der Waals surface area contributed by atoms with Gasteiger partial charge in [-0.25, -0.2) is 9.78 Å². The molecule has 0 saturated carbocycles. The van der Waals surface area contributed by atoms with E-state index in [9.17, 15) is 4.79 Å². The van der Waals surface area contributed by atoms with E-state index in [2.05, 4.69) is 16.4 Å². The standard InChI is InChI=1S/C17H20N4O2/c1-17(2,3)23-16(22)20-8-7-15-11-19-12-21(15)14-6-4-5-13(9-14)10-18/h4-6,9,11-12H,7-8H2,1-3H3,(H,20,22). The fraction of sp³-hybridized carbons (Fsp3) is 0.353. The Morgan fingerprint density at radius 2 is 2.22 bits per heavy atom. The summed E-state index contributed by atoms with van der Waals surface area (Å²) >= 11 is 0. The van der Waals surface area contributed by atoms with Gasteiger partial charge in [-0.15, -0.1) is 0 Å². The van der Waals surface area contributed by atoms with Crippen LogP contribution in [0.3, 0.4) is 0 Å². The first-order chi connectivity index (χ1) is 10.9. The van der Waals surface area contributed by atoms with Gasteiger partial charge in [-0.3, -0.25) is 0 Å². The lowest BCUT2D eigenvalue weighted by atomic mass is 10.2. The van der Waals surface area contributed by atoms with Gasteiger partial charge in [0.2, 0.25) is 0 Å². The average molecular weight is 312 g/mol. The lowest BCUT2D eigenvalue weighted by Crippen LogP contribution is -2.33. The summed E-state index contributed by atoms with van der Waals surface area (Å²) < 4.78 is 7.09. The van der Waals surface area contributed by atoms with Crippen LogP contribution in [0.1, 0.15) is 32.0 Å². The maximum Gasteiger partial charge on any atom is 0.407 e. The highest BCUT2D eigenvalue weighted by molar-refractivity contribution is 5.67. The number of aromatic nitrogens is 2. The van der Waals surface area contributed by atoms with Crippen molar-refractivity contribution in [3.05, 3.63) is 48.0 Å². The number of amides is 1. The third kappa shape index (κ3) is 4.85. The molecular weight excluding hydrogens is 292 g/mol. The minimum atomic E-state index is -0.510. The zero-order valence-corrected chi connectivity index (χ0v) is 13.5. The smallest absolute Gasteiger partial charge is 0.407 e. The van der Waals surface area contributed by atoms with E-state index in [1.807, 2.05) is 37.5 Å². The number of rotatable bonds is 4. The van der Waals surface area contributed by atoms with Crippen LogP contribution in [0, 0.1) is 11.3 Å². The minimum Gasteiger partial charge on any atom is -0.444 e. The number of benzene rings is 1. The Bertz CT molecular complexity index is 723. The molecule has 1 amide bonds. The molecule has 6 heteroatoms. The fourth-order valence-electron chi connectivity index (χ4n) is 2.07. The van der Waals surface area contributed by atoms with Crippen molar-refractivity contribution in [1.82, 2.24) is 14.9 Å². The zero-order valence-electron chi connectivity index (χ0n) is 13.5. The Morgan fingerprint density at radius 3 is 2.91 bits per heavy atom. The van der Waals surface area contributed by atoms with E-state index in [0.29, 0.717) is 18.5 Å². The van der Waals surface area contributed by atoms with Crippen LogP contribution in [0.15, 0.2) is 36.8 Å². The second-order valence-electron chi connectivity index (χ2n) is 6.10. The van der Waals surface area contributed by atoms with Crippen LogP contribution in [-0.2, 0) is 11.2 Å². The van der Waals surface area contributed by atoms with Crippen LogP contribution in [0.5, 0.6) is 0 Å². The van der Waals surface area contributed by atoms with E-state index < -0.39 is 11.7 Å². The highest BCUT2D eigenvalue weighted by Crippen LogP contribution is 2.13. The first-order valence-electron chi connectivity index (χ1n) is 7.37. The molecule has 0 radical (unpaired) electrons. The molecular formula is C17H20N4O2. The highest BCUT2D eigenvalue weighted by atomic mass is 16.6. The largest absolute Gasteiger partial charge is 0.444 e. The van der Waals surface area contributed by atoms with E-state index in [1.165, 1.54) is 0 Å². The Hall–Kier alpha value is -2.81. The summed E-state index contributed by atoms with van der Waals surface area (Å²) in [7, 11) is 0. The molecule has 0 bridgehead atoms. The van der Waals surface area contributed by atoms with Crippen molar-refractivity contribution in [2.45, 2.75) is 32.8 Å². The first kappa shape index (κ1) is 16.6. The number of carbonyl (C=O) groups excluding carboxylic acids is 1. The topological polar surface area (TPSA) is 79.9 Å².